The number of hydrogen-bond acceptors (Lipinski definition) is 2. The molecule has 0 aromatic heterocycles. The highest BCUT2D eigenvalue weighted by Crippen LogP contribution is 2.13. The van der Waals surface area contributed by atoms with Crippen molar-refractivity contribution in [2.24, 2.45) is 5.73 Å². The lowest BCUT2D eigenvalue weighted by Crippen LogP contribution is -2.54. The summed E-state index contributed by atoms with van der Waals surface area (Å²) in [6.45, 7) is 3.73. The van der Waals surface area contributed by atoms with Crippen LogP contribution in [0.5, 0.6) is 0 Å². The van der Waals surface area contributed by atoms with Crippen molar-refractivity contribution in [3.63, 3.8) is 0 Å². The van der Waals surface area contributed by atoms with Crippen LogP contribution in [0.2, 0.25) is 5.02 Å². The third kappa shape index (κ3) is 3.41. The van der Waals surface area contributed by atoms with Crippen LogP contribution in [0.25, 0.3) is 0 Å². The van der Waals surface area contributed by atoms with E-state index < -0.39 is 5.54 Å². The van der Waals surface area contributed by atoms with Crippen molar-refractivity contribution in [1.82, 2.24) is 5.32 Å². The third-order valence-corrected chi connectivity index (χ3v) is 3.45. The van der Waals surface area contributed by atoms with Crippen molar-refractivity contribution >= 4 is 34.7 Å². The molecule has 0 fully saturated rings. The fourth-order valence-corrected chi connectivity index (χ4v) is 1.57. The van der Waals surface area contributed by atoms with Gasteiger partial charge >= 0.3 is 0 Å². The highest BCUT2D eigenvalue weighted by atomic mass is 35.5. The molecule has 0 radical (unpaired) electrons. The van der Waals surface area contributed by atoms with E-state index in [0.717, 1.165) is 0 Å². The Kier molecular flexibility index (Phi) is 4.48. The minimum absolute atomic E-state index is 0.209. The second-order valence-electron chi connectivity index (χ2n) is 4.01. The van der Waals surface area contributed by atoms with E-state index in [-0.39, 0.29) is 10.9 Å². The lowest BCUT2D eigenvalue weighted by atomic mass is 9.98. The van der Waals surface area contributed by atoms with Gasteiger partial charge in [0.15, 0.2) is 0 Å². The van der Waals surface area contributed by atoms with Gasteiger partial charge in [-0.1, -0.05) is 30.7 Å². The average molecular weight is 271 g/mol. The highest BCUT2D eigenvalue weighted by Gasteiger charge is 2.27. The van der Waals surface area contributed by atoms with Gasteiger partial charge in [-0.15, -0.1) is 0 Å². The second kappa shape index (κ2) is 5.47. The fraction of sp³-hybridized carbons (Fsp3) is 0.333. The van der Waals surface area contributed by atoms with Crippen LogP contribution in [-0.4, -0.2) is 16.4 Å². The van der Waals surface area contributed by atoms with E-state index in [9.17, 15) is 4.79 Å². The van der Waals surface area contributed by atoms with Gasteiger partial charge in [0.1, 0.15) is 0 Å². The molecule has 1 rings (SSSR count). The van der Waals surface area contributed by atoms with E-state index in [1.807, 2.05) is 13.8 Å². The second-order valence-corrected chi connectivity index (χ2v) is 4.89. The summed E-state index contributed by atoms with van der Waals surface area (Å²) in [5.41, 5.74) is 5.50. The van der Waals surface area contributed by atoms with E-state index >= 15 is 0 Å². The zero-order valence-corrected chi connectivity index (χ0v) is 11.4. The summed E-state index contributed by atoms with van der Waals surface area (Å²) in [5.74, 6) is -0.209. The predicted molar refractivity (Wildman–Crippen MR) is 74.4 cm³/mol. The minimum atomic E-state index is -0.661. The van der Waals surface area contributed by atoms with E-state index in [4.69, 9.17) is 29.6 Å². The molecule has 0 aliphatic carbocycles. The van der Waals surface area contributed by atoms with Gasteiger partial charge in [0, 0.05) is 10.6 Å². The molecule has 0 bridgehead atoms. The van der Waals surface area contributed by atoms with Crippen molar-refractivity contribution in [3.05, 3.63) is 34.9 Å². The Morgan fingerprint density at radius 2 is 2.00 bits per heavy atom. The Bertz CT molecular complexity index is 433. The summed E-state index contributed by atoms with van der Waals surface area (Å²) in [5, 5.41) is 3.42. The Morgan fingerprint density at radius 1 is 1.47 bits per heavy atom. The topological polar surface area (TPSA) is 55.1 Å². The van der Waals surface area contributed by atoms with Crippen molar-refractivity contribution < 1.29 is 4.79 Å². The summed E-state index contributed by atoms with van der Waals surface area (Å²) in [6, 6.07) is 6.65. The molecule has 3 N–H and O–H groups in total. The number of nitrogens with two attached hydrogens (primary N) is 1. The summed E-state index contributed by atoms with van der Waals surface area (Å²) < 4.78 is 0. The number of rotatable bonds is 4. The quantitative estimate of drug-likeness (QED) is 0.827. The monoisotopic (exact) mass is 270 g/mol. The summed E-state index contributed by atoms with van der Waals surface area (Å²) >= 11 is 10.7. The molecule has 0 spiro atoms. The van der Waals surface area contributed by atoms with Crippen LogP contribution in [0.4, 0.5) is 0 Å². The Balaban J connectivity index is 2.85. The van der Waals surface area contributed by atoms with E-state index in [2.05, 4.69) is 5.32 Å². The third-order valence-electron chi connectivity index (χ3n) is 2.75. The largest absolute Gasteiger partial charge is 0.391 e. The Morgan fingerprint density at radius 3 is 2.41 bits per heavy atom. The van der Waals surface area contributed by atoms with Gasteiger partial charge in [-0.25, -0.2) is 0 Å². The SMILES string of the molecule is CCC(C)(NC(=O)c1ccc(Cl)cc1)C(N)=S. The molecule has 17 heavy (non-hydrogen) atoms. The van der Waals surface area contributed by atoms with Crippen LogP contribution in [0, 0.1) is 0 Å². The number of carbonyl (C=O) groups excluding carboxylic acids is 1. The van der Waals surface area contributed by atoms with Gasteiger partial charge in [-0.2, -0.15) is 0 Å². The molecule has 0 aliphatic rings. The predicted octanol–water partition coefficient (Wildman–Crippen LogP) is 2.52. The maximum absolute atomic E-state index is 12.0. The number of halogens is 1. The maximum atomic E-state index is 12.0. The van der Waals surface area contributed by atoms with Crippen LogP contribution in [0.3, 0.4) is 0 Å². The molecular weight excluding hydrogens is 256 g/mol. The number of carbonyl (C=O) groups is 1. The van der Waals surface area contributed by atoms with E-state index in [1.165, 1.54) is 0 Å². The summed E-state index contributed by atoms with van der Waals surface area (Å²) in [4.78, 5) is 12.2. The van der Waals surface area contributed by atoms with Gasteiger partial charge in [-0.3, -0.25) is 4.79 Å². The molecular formula is C12H15ClN2OS. The molecule has 1 atom stereocenters. The van der Waals surface area contributed by atoms with Crippen LogP contribution in [-0.2, 0) is 0 Å². The average Bonchev–Trinajstić information content (AvgIpc) is 2.29. The molecule has 1 amide bonds. The van der Waals surface area contributed by atoms with Crippen molar-refractivity contribution in [2.75, 3.05) is 0 Å². The Hall–Kier alpha value is -1.13. The smallest absolute Gasteiger partial charge is 0.252 e. The summed E-state index contributed by atoms with van der Waals surface area (Å²) in [6.07, 6.45) is 0.641. The first-order chi connectivity index (χ1) is 7.89. The normalized spacial score (nSPS) is 13.8. The first-order valence-corrected chi connectivity index (χ1v) is 6.05. The molecule has 1 aromatic carbocycles. The maximum Gasteiger partial charge on any atom is 0.252 e. The molecule has 5 heteroatoms. The summed E-state index contributed by atoms with van der Waals surface area (Å²) in [7, 11) is 0. The van der Waals surface area contributed by atoms with E-state index in [0.29, 0.717) is 17.0 Å². The van der Waals surface area contributed by atoms with Crippen molar-refractivity contribution in [3.8, 4) is 0 Å². The number of benzene rings is 1. The molecule has 3 nitrogen and oxygen atoms in total. The lowest BCUT2D eigenvalue weighted by Gasteiger charge is -2.28. The zero-order chi connectivity index (χ0) is 13.1. The van der Waals surface area contributed by atoms with Gasteiger partial charge in [-0.05, 0) is 37.6 Å². The molecule has 92 valence electrons. The number of nitrogens with one attached hydrogen (secondary N) is 1. The number of thiocarbonyl (C=S) groups is 1. The van der Waals surface area contributed by atoms with Gasteiger partial charge < -0.3 is 11.1 Å². The van der Waals surface area contributed by atoms with Crippen LogP contribution in [0.15, 0.2) is 24.3 Å². The number of amides is 1. The zero-order valence-electron chi connectivity index (χ0n) is 9.79. The minimum Gasteiger partial charge on any atom is -0.391 e. The van der Waals surface area contributed by atoms with Gasteiger partial charge in [0.05, 0.1) is 10.5 Å². The molecule has 1 unspecified atom stereocenters. The number of hydrogen-bond donors (Lipinski definition) is 2. The van der Waals surface area contributed by atoms with Crippen LogP contribution >= 0.6 is 23.8 Å². The Labute approximate surface area is 111 Å². The molecule has 0 saturated carbocycles. The van der Waals surface area contributed by atoms with Gasteiger partial charge in [0.25, 0.3) is 5.91 Å². The fourth-order valence-electron chi connectivity index (χ4n) is 1.25. The first kappa shape index (κ1) is 13.9. The van der Waals surface area contributed by atoms with Crippen molar-refractivity contribution in [2.45, 2.75) is 25.8 Å². The molecule has 0 saturated heterocycles. The first-order valence-electron chi connectivity index (χ1n) is 5.27. The van der Waals surface area contributed by atoms with Crippen molar-refractivity contribution in [1.29, 1.82) is 0 Å². The van der Waals surface area contributed by atoms with Crippen LogP contribution in [0.1, 0.15) is 30.6 Å². The molecule has 0 heterocycles. The molecule has 1 aromatic rings. The highest BCUT2D eigenvalue weighted by molar-refractivity contribution is 7.80. The van der Waals surface area contributed by atoms with Crippen LogP contribution < -0.4 is 11.1 Å². The lowest BCUT2D eigenvalue weighted by molar-refractivity contribution is 0.0926. The van der Waals surface area contributed by atoms with E-state index in [1.54, 1.807) is 24.3 Å². The van der Waals surface area contributed by atoms with Gasteiger partial charge in [0.2, 0.25) is 0 Å². The molecule has 0 aliphatic heterocycles. The standard InChI is InChI=1S/C12H15ClN2OS/c1-3-12(2,11(14)17)15-10(16)8-4-6-9(13)7-5-8/h4-7H,3H2,1-2H3,(H2,14,17)(H,15,16).